The number of ketones is 1. The molecule has 0 unspecified atom stereocenters. The third kappa shape index (κ3) is 3.32. The van der Waals surface area contributed by atoms with Crippen molar-refractivity contribution in [1.82, 2.24) is 0 Å². The average Bonchev–Trinajstić information content (AvgIpc) is 2.93. The number of carbonyl (C=O) groups excluding carboxylic acids is 2. The molecule has 0 aromatic heterocycles. The first kappa shape index (κ1) is 20.0. The number of hydrogen-bond donors (Lipinski definition) is 1. The molecule has 0 radical (unpaired) electrons. The van der Waals surface area contributed by atoms with E-state index in [2.05, 4.69) is 11.4 Å². The van der Waals surface area contributed by atoms with Gasteiger partial charge in [-0.05, 0) is 36.2 Å². The van der Waals surface area contributed by atoms with Crippen molar-refractivity contribution in [2.24, 2.45) is 5.92 Å². The lowest BCUT2D eigenvalue weighted by molar-refractivity contribution is -0.123. The van der Waals surface area contributed by atoms with Crippen LogP contribution in [0, 0.1) is 5.92 Å². The summed E-state index contributed by atoms with van der Waals surface area (Å²) < 4.78 is 10.9. The van der Waals surface area contributed by atoms with Crippen molar-refractivity contribution < 1.29 is 19.1 Å². The summed E-state index contributed by atoms with van der Waals surface area (Å²) in [6.07, 6.45) is 3.57. The monoisotopic (exact) mass is 406 g/mol. The van der Waals surface area contributed by atoms with Gasteiger partial charge >= 0.3 is 0 Å². The molecule has 1 aliphatic carbocycles. The standard InChI is InChI=1S/C24H26N2O4/c1-4-22(28)26-18-10-6-5-8-16(18)25-17-9-7-11-19(27)23(17)24(26)15-12-13-20(29-2)21(14-15)30-3/h5-6,8-10,12-14,23-25H,4,7,11H2,1-3H3/t23-,24+/m0/s1. The van der Waals surface area contributed by atoms with Crippen LogP contribution in [0.15, 0.2) is 54.2 Å². The summed E-state index contributed by atoms with van der Waals surface area (Å²) in [7, 11) is 3.17. The van der Waals surface area contributed by atoms with Crippen LogP contribution in [-0.2, 0) is 9.59 Å². The van der Waals surface area contributed by atoms with Crippen LogP contribution in [0.25, 0.3) is 0 Å². The molecular weight excluding hydrogens is 380 g/mol. The van der Waals surface area contributed by atoms with Gasteiger partial charge in [0.1, 0.15) is 5.78 Å². The summed E-state index contributed by atoms with van der Waals surface area (Å²) in [6.45, 7) is 1.84. The fraction of sp³-hybridized carbons (Fsp3) is 0.333. The van der Waals surface area contributed by atoms with E-state index in [1.54, 1.807) is 19.1 Å². The SMILES string of the molecule is CCC(=O)N1c2ccccc2NC2=CCCC(=O)[C@H]2[C@H]1c1ccc(OC)c(OC)c1. The molecule has 156 valence electrons. The van der Waals surface area contributed by atoms with Gasteiger partial charge in [0.05, 0.1) is 37.6 Å². The van der Waals surface area contributed by atoms with Gasteiger partial charge in [0.15, 0.2) is 11.5 Å². The third-order valence-corrected chi connectivity index (χ3v) is 5.79. The topological polar surface area (TPSA) is 67.9 Å². The minimum Gasteiger partial charge on any atom is -0.493 e. The molecule has 1 N–H and O–H groups in total. The molecule has 1 amide bonds. The van der Waals surface area contributed by atoms with E-state index in [9.17, 15) is 9.59 Å². The number of nitrogens with zero attached hydrogens (tertiary/aromatic N) is 1. The summed E-state index contributed by atoms with van der Waals surface area (Å²) >= 11 is 0. The largest absolute Gasteiger partial charge is 0.493 e. The summed E-state index contributed by atoms with van der Waals surface area (Å²) in [4.78, 5) is 28.2. The number of benzene rings is 2. The van der Waals surface area contributed by atoms with Crippen molar-refractivity contribution >= 4 is 23.1 Å². The highest BCUT2D eigenvalue weighted by Gasteiger charge is 2.43. The Morgan fingerprint density at radius 1 is 1.13 bits per heavy atom. The molecule has 2 atom stereocenters. The van der Waals surface area contributed by atoms with Gasteiger partial charge < -0.3 is 19.7 Å². The fourth-order valence-corrected chi connectivity index (χ4v) is 4.38. The fourth-order valence-electron chi connectivity index (χ4n) is 4.38. The lowest BCUT2D eigenvalue weighted by atomic mass is 9.81. The molecule has 0 saturated carbocycles. The number of fused-ring (bicyclic) bond motifs is 2. The van der Waals surface area contributed by atoms with Gasteiger partial charge in [-0.1, -0.05) is 31.2 Å². The third-order valence-electron chi connectivity index (χ3n) is 5.79. The molecule has 2 aromatic rings. The zero-order valence-corrected chi connectivity index (χ0v) is 17.5. The number of allylic oxidation sites excluding steroid dienone is 1. The van der Waals surface area contributed by atoms with Gasteiger partial charge in [0, 0.05) is 18.5 Å². The van der Waals surface area contributed by atoms with Crippen LogP contribution in [0.3, 0.4) is 0 Å². The summed E-state index contributed by atoms with van der Waals surface area (Å²) in [5, 5.41) is 3.44. The number of amides is 1. The van der Waals surface area contributed by atoms with E-state index in [1.165, 1.54) is 0 Å². The quantitative estimate of drug-likeness (QED) is 0.811. The number of anilines is 2. The van der Waals surface area contributed by atoms with Crippen molar-refractivity contribution in [1.29, 1.82) is 0 Å². The van der Waals surface area contributed by atoms with Crippen LogP contribution >= 0.6 is 0 Å². The van der Waals surface area contributed by atoms with Gasteiger partial charge in [-0.25, -0.2) is 0 Å². The van der Waals surface area contributed by atoms with Crippen LogP contribution in [-0.4, -0.2) is 25.9 Å². The predicted molar refractivity (Wildman–Crippen MR) is 116 cm³/mol. The Morgan fingerprint density at radius 3 is 2.63 bits per heavy atom. The maximum absolute atomic E-state index is 13.2. The van der Waals surface area contributed by atoms with Crippen molar-refractivity contribution in [3.05, 3.63) is 59.8 Å². The van der Waals surface area contributed by atoms with Crippen molar-refractivity contribution in [3.63, 3.8) is 0 Å². The van der Waals surface area contributed by atoms with Gasteiger partial charge in [0.2, 0.25) is 5.91 Å². The molecule has 0 fully saturated rings. The molecule has 0 saturated heterocycles. The molecule has 1 aliphatic heterocycles. The second-order valence-electron chi connectivity index (χ2n) is 7.46. The van der Waals surface area contributed by atoms with E-state index in [0.717, 1.165) is 22.6 Å². The first-order chi connectivity index (χ1) is 14.6. The first-order valence-corrected chi connectivity index (χ1v) is 10.2. The second kappa shape index (κ2) is 8.22. The van der Waals surface area contributed by atoms with Gasteiger partial charge in [0.25, 0.3) is 0 Å². The van der Waals surface area contributed by atoms with Gasteiger partial charge in [-0.2, -0.15) is 0 Å². The maximum Gasteiger partial charge on any atom is 0.227 e. The minimum atomic E-state index is -0.479. The molecule has 0 spiro atoms. The number of carbonyl (C=O) groups is 2. The molecular formula is C24H26N2O4. The van der Waals surface area contributed by atoms with E-state index >= 15 is 0 Å². The zero-order valence-electron chi connectivity index (χ0n) is 17.5. The van der Waals surface area contributed by atoms with Crippen LogP contribution in [0.5, 0.6) is 11.5 Å². The number of hydrogen-bond acceptors (Lipinski definition) is 5. The number of nitrogens with one attached hydrogen (secondary N) is 1. The lowest BCUT2D eigenvalue weighted by Crippen LogP contribution is -2.41. The Bertz CT molecular complexity index is 1010. The average molecular weight is 406 g/mol. The Kier molecular flexibility index (Phi) is 5.48. The van der Waals surface area contributed by atoms with Crippen molar-refractivity contribution in [2.45, 2.75) is 32.2 Å². The number of ether oxygens (including phenoxy) is 2. The Balaban J connectivity index is 1.97. The Labute approximate surface area is 176 Å². The van der Waals surface area contributed by atoms with Crippen LogP contribution in [0.2, 0.25) is 0 Å². The molecule has 30 heavy (non-hydrogen) atoms. The van der Waals surface area contributed by atoms with Crippen LogP contribution in [0.4, 0.5) is 11.4 Å². The Morgan fingerprint density at radius 2 is 1.90 bits per heavy atom. The minimum absolute atomic E-state index is 0.0383. The molecule has 2 aliphatic rings. The molecule has 0 bridgehead atoms. The number of methoxy groups -OCH3 is 2. The van der Waals surface area contributed by atoms with E-state index in [4.69, 9.17) is 9.47 Å². The highest BCUT2D eigenvalue weighted by Crippen LogP contribution is 2.47. The smallest absolute Gasteiger partial charge is 0.227 e. The van der Waals surface area contributed by atoms with Crippen LogP contribution < -0.4 is 19.7 Å². The highest BCUT2D eigenvalue weighted by atomic mass is 16.5. The molecule has 6 nitrogen and oxygen atoms in total. The maximum atomic E-state index is 13.2. The Hall–Kier alpha value is -3.28. The van der Waals surface area contributed by atoms with Gasteiger partial charge in [-0.15, -0.1) is 0 Å². The van der Waals surface area contributed by atoms with Gasteiger partial charge in [-0.3, -0.25) is 9.59 Å². The van der Waals surface area contributed by atoms with Crippen molar-refractivity contribution in [3.8, 4) is 11.5 Å². The number of para-hydroxylation sites is 2. The highest BCUT2D eigenvalue weighted by molar-refractivity contribution is 6.01. The normalized spacial score (nSPS) is 20.3. The second-order valence-corrected chi connectivity index (χ2v) is 7.46. The number of Topliss-reactive ketones (excluding diaryl/α,β-unsaturated/α-hetero) is 1. The van der Waals surface area contributed by atoms with E-state index in [0.29, 0.717) is 30.8 Å². The number of rotatable bonds is 4. The van der Waals surface area contributed by atoms with E-state index < -0.39 is 12.0 Å². The molecule has 2 aromatic carbocycles. The van der Waals surface area contributed by atoms with Crippen molar-refractivity contribution in [2.75, 3.05) is 24.4 Å². The van der Waals surface area contributed by atoms with Crippen LogP contribution in [0.1, 0.15) is 37.8 Å². The van der Waals surface area contributed by atoms with E-state index in [-0.39, 0.29) is 11.7 Å². The zero-order chi connectivity index (χ0) is 21.3. The summed E-state index contributed by atoms with van der Waals surface area (Å²) in [6, 6.07) is 12.8. The molecule has 6 heteroatoms. The molecule has 1 heterocycles. The summed E-state index contributed by atoms with van der Waals surface area (Å²) in [5.41, 5.74) is 3.28. The first-order valence-electron chi connectivity index (χ1n) is 10.2. The van der Waals surface area contributed by atoms with E-state index in [1.807, 2.05) is 49.4 Å². The predicted octanol–water partition coefficient (Wildman–Crippen LogP) is 4.48. The lowest BCUT2D eigenvalue weighted by Gasteiger charge is -2.36. The summed E-state index contributed by atoms with van der Waals surface area (Å²) in [5.74, 6) is 0.788. The molecule has 4 rings (SSSR count).